The highest BCUT2D eigenvalue weighted by molar-refractivity contribution is 6.30. The molecule has 7 nitrogen and oxygen atoms in total. The van der Waals surface area contributed by atoms with E-state index < -0.39 is 12.0 Å². The van der Waals surface area contributed by atoms with Gasteiger partial charge in [-0.05, 0) is 71.5 Å². The number of hydrogen-bond acceptors (Lipinski definition) is 4. The van der Waals surface area contributed by atoms with Gasteiger partial charge in [-0.25, -0.2) is 9.59 Å². The lowest BCUT2D eigenvalue weighted by Crippen LogP contribution is -2.45. The summed E-state index contributed by atoms with van der Waals surface area (Å²) in [5, 5.41) is 6.35. The van der Waals surface area contributed by atoms with E-state index in [4.69, 9.17) is 16.3 Å². The van der Waals surface area contributed by atoms with Gasteiger partial charge >= 0.3 is 12.0 Å². The number of ether oxygens (including phenoxy) is 1. The molecule has 3 amide bonds. The molecule has 3 aromatic carbocycles. The van der Waals surface area contributed by atoms with Crippen LogP contribution in [0.2, 0.25) is 5.02 Å². The number of benzene rings is 3. The summed E-state index contributed by atoms with van der Waals surface area (Å²) in [6.45, 7) is 4.30. The van der Waals surface area contributed by atoms with Crippen LogP contribution in [0.25, 0.3) is 11.1 Å². The monoisotopic (exact) mass is 505 g/mol. The van der Waals surface area contributed by atoms with Gasteiger partial charge in [0.05, 0.1) is 7.11 Å². The maximum Gasteiger partial charge on any atom is 0.328 e. The highest BCUT2D eigenvalue weighted by atomic mass is 35.5. The molecular formula is C28H28ClN3O4. The molecular weight excluding hydrogens is 478 g/mol. The van der Waals surface area contributed by atoms with Gasteiger partial charge in [-0.1, -0.05) is 49.7 Å². The van der Waals surface area contributed by atoms with Crippen LogP contribution >= 0.6 is 11.6 Å². The van der Waals surface area contributed by atoms with E-state index in [1.165, 1.54) is 7.11 Å². The summed E-state index contributed by atoms with van der Waals surface area (Å²) in [5.41, 5.74) is 4.94. The molecule has 0 unspecified atom stereocenters. The van der Waals surface area contributed by atoms with E-state index in [-0.39, 0.29) is 17.9 Å². The van der Waals surface area contributed by atoms with Crippen molar-refractivity contribution in [2.45, 2.75) is 26.3 Å². The molecule has 0 aliphatic carbocycles. The Bertz CT molecular complexity index is 1270. The number of halogens is 1. The Hall–Kier alpha value is -3.84. The second kappa shape index (κ2) is 10.8. The lowest BCUT2D eigenvalue weighted by Gasteiger charge is -2.19. The fourth-order valence-electron chi connectivity index (χ4n) is 4.18. The van der Waals surface area contributed by atoms with Gasteiger partial charge in [0.2, 0.25) is 0 Å². The standard InChI is InChI=1S/C28H28ClN3O4/c1-17(2)25(27(34)36-3)31-26(33)20-6-4-18(5-7-20)19-8-11-23(12-9-19)30-28(35)32-15-14-21-16-22(29)10-13-24(21)32/h4-13,16-17,25H,14-15H2,1-3H3,(H,30,35)(H,31,33)/t25-/m0/s1. The SMILES string of the molecule is COC(=O)[C@@H](NC(=O)c1ccc(-c2ccc(NC(=O)N3CCc4cc(Cl)ccc43)cc2)cc1)C(C)C. The van der Waals surface area contributed by atoms with Gasteiger partial charge < -0.3 is 15.4 Å². The average molecular weight is 506 g/mol. The number of anilines is 2. The lowest BCUT2D eigenvalue weighted by molar-refractivity contribution is -0.144. The zero-order chi connectivity index (χ0) is 25.8. The number of nitrogens with one attached hydrogen (secondary N) is 2. The smallest absolute Gasteiger partial charge is 0.328 e. The number of fused-ring (bicyclic) bond motifs is 1. The molecule has 1 aliphatic heterocycles. The summed E-state index contributed by atoms with van der Waals surface area (Å²) in [5.74, 6) is -0.909. The Balaban J connectivity index is 1.39. The molecule has 0 aromatic heterocycles. The molecule has 36 heavy (non-hydrogen) atoms. The molecule has 0 saturated carbocycles. The first-order chi connectivity index (χ1) is 17.3. The lowest BCUT2D eigenvalue weighted by atomic mass is 10.0. The van der Waals surface area contributed by atoms with Crippen LogP contribution in [0.1, 0.15) is 29.8 Å². The first-order valence-corrected chi connectivity index (χ1v) is 12.1. The molecule has 0 spiro atoms. The van der Waals surface area contributed by atoms with Crippen molar-refractivity contribution in [3.05, 3.63) is 82.9 Å². The minimum Gasteiger partial charge on any atom is -0.467 e. The summed E-state index contributed by atoms with van der Waals surface area (Å²) in [7, 11) is 1.30. The number of carbonyl (C=O) groups excluding carboxylic acids is 3. The van der Waals surface area contributed by atoms with Crippen molar-refractivity contribution >= 4 is 40.9 Å². The molecule has 3 aromatic rings. The van der Waals surface area contributed by atoms with Crippen LogP contribution < -0.4 is 15.5 Å². The van der Waals surface area contributed by atoms with Gasteiger partial charge in [0.1, 0.15) is 6.04 Å². The largest absolute Gasteiger partial charge is 0.467 e. The summed E-state index contributed by atoms with van der Waals surface area (Å²) in [4.78, 5) is 39.1. The van der Waals surface area contributed by atoms with Crippen molar-refractivity contribution in [2.75, 3.05) is 23.9 Å². The maximum absolute atomic E-state index is 12.8. The zero-order valence-electron chi connectivity index (χ0n) is 20.4. The molecule has 0 radical (unpaired) electrons. The number of nitrogens with zero attached hydrogens (tertiary/aromatic N) is 1. The molecule has 0 saturated heterocycles. The Morgan fingerprint density at radius 3 is 2.19 bits per heavy atom. The maximum atomic E-state index is 12.8. The van der Waals surface area contributed by atoms with Crippen LogP contribution in [-0.4, -0.2) is 37.6 Å². The van der Waals surface area contributed by atoms with Gasteiger partial charge in [0, 0.05) is 28.5 Å². The van der Waals surface area contributed by atoms with E-state index in [2.05, 4.69) is 10.6 Å². The molecule has 2 N–H and O–H groups in total. The second-order valence-electron chi connectivity index (χ2n) is 8.98. The number of carbonyl (C=O) groups is 3. The van der Waals surface area contributed by atoms with E-state index in [9.17, 15) is 14.4 Å². The Kier molecular flexibility index (Phi) is 7.60. The quantitative estimate of drug-likeness (QED) is 0.431. The van der Waals surface area contributed by atoms with Crippen LogP contribution in [0.3, 0.4) is 0 Å². The van der Waals surface area contributed by atoms with Crippen molar-refractivity contribution in [3.63, 3.8) is 0 Å². The van der Waals surface area contributed by atoms with E-state index >= 15 is 0 Å². The minimum atomic E-state index is -0.711. The number of amides is 3. The van der Waals surface area contributed by atoms with E-state index in [1.807, 2.05) is 62.4 Å². The van der Waals surface area contributed by atoms with Gasteiger partial charge in [-0.2, -0.15) is 0 Å². The highest BCUT2D eigenvalue weighted by Gasteiger charge is 2.26. The van der Waals surface area contributed by atoms with Gasteiger partial charge in [-0.3, -0.25) is 9.69 Å². The number of esters is 1. The van der Waals surface area contributed by atoms with Crippen LogP contribution in [0, 0.1) is 5.92 Å². The molecule has 1 heterocycles. The summed E-state index contributed by atoms with van der Waals surface area (Å²) in [6.07, 6.45) is 0.775. The molecule has 4 rings (SSSR count). The third-order valence-corrected chi connectivity index (χ3v) is 6.44. The van der Waals surface area contributed by atoms with Crippen LogP contribution in [0.4, 0.5) is 16.2 Å². The summed E-state index contributed by atoms with van der Waals surface area (Å²) in [6, 6.07) is 19.3. The first-order valence-electron chi connectivity index (χ1n) is 11.7. The van der Waals surface area contributed by atoms with E-state index in [0.29, 0.717) is 22.8 Å². The third kappa shape index (κ3) is 5.52. The van der Waals surface area contributed by atoms with Crippen molar-refractivity contribution in [1.29, 1.82) is 0 Å². The van der Waals surface area contributed by atoms with Crippen molar-refractivity contribution in [3.8, 4) is 11.1 Å². The third-order valence-electron chi connectivity index (χ3n) is 6.21. The topological polar surface area (TPSA) is 87.7 Å². The van der Waals surface area contributed by atoms with Crippen LogP contribution in [-0.2, 0) is 16.0 Å². The zero-order valence-corrected chi connectivity index (χ0v) is 21.1. The molecule has 1 aliphatic rings. The first kappa shape index (κ1) is 25.3. The van der Waals surface area contributed by atoms with Crippen LogP contribution in [0.5, 0.6) is 0 Å². The molecule has 8 heteroatoms. The van der Waals surface area contributed by atoms with Crippen LogP contribution in [0.15, 0.2) is 66.7 Å². The summed E-state index contributed by atoms with van der Waals surface area (Å²) >= 11 is 6.06. The normalized spacial score (nSPS) is 13.2. The Morgan fingerprint density at radius 2 is 1.58 bits per heavy atom. The summed E-state index contributed by atoms with van der Waals surface area (Å²) < 4.78 is 4.78. The number of methoxy groups -OCH3 is 1. The van der Waals surface area contributed by atoms with Crippen molar-refractivity contribution < 1.29 is 19.1 Å². The van der Waals surface area contributed by atoms with E-state index in [1.54, 1.807) is 23.1 Å². The fourth-order valence-corrected chi connectivity index (χ4v) is 4.38. The molecule has 186 valence electrons. The number of rotatable bonds is 6. The van der Waals surface area contributed by atoms with Crippen molar-refractivity contribution in [1.82, 2.24) is 5.32 Å². The predicted molar refractivity (Wildman–Crippen MR) is 142 cm³/mol. The number of hydrogen-bond donors (Lipinski definition) is 2. The number of urea groups is 1. The van der Waals surface area contributed by atoms with Gasteiger partial charge in [0.25, 0.3) is 5.91 Å². The molecule has 1 atom stereocenters. The Labute approximate surface area is 215 Å². The second-order valence-corrected chi connectivity index (χ2v) is 9.41. The molecule has 0 fully saturated rings. The Morgan fingerprint density at radius 1 is 0.944 bits per heavy atom. The van der Waals surface area contributed by atoms with Gasteiger partial charge in [-0.15, -0.1) is 0 Å². The molecule has 0 bridgehead atoms. The highest BCUT2D eigenvalue weighted by Crippen LogP contribution is 2.31. The fraction of sp³-hybridized carbons (Fsp3) is 0.250. The predicted octanol–water partition coefficient (Wildman–Crippen LogP) is 5.53. The van der Waals surface area contributed by atoms with Gasteiger partial charge in [0.15, 0.2) is 0 Å². The van der Waals surface area contributed by atoms with E-state index in [0.717, 1.165) is 28.8 Å². The average Bonchev–Trinajstić information content (AvgIpc) is 3.30. The van der Waals surface area contributed by atoms with Crippen molar-refractivity contribution in [2.24, 2.45) is 5.92 Å². The minimum absolute atomic E-state index is 0.0987.